The van der Waals surface area contributed by atoms with Gasteiger partial charge in [-0.25, -0.2) is 4.39 Å². The zero-order valence-corrected chi connectivity index (χ0v) is 12.7. The number of carbonyl (C=O) groups excluding carboxylic acids is 2. The maximum atomic E-state index is 12.9. The minimum absolute atomic E-state index is 0.173. The number of ether oxygens (including phenoxy) is 1. The van der Waals surface area contributed by atoms with E-state index in [1.807, 2.05) is 0 Å². The number of amides is 2. The lowest BCUT2D eigenvalue weighted by Crippen LogP contribution is -2.42. The van der Waals surface area contributed by atoms with E-state index < -0.39 is 6.10 Å². The van der Waals surface area contributed by atoms with Crippen molar-refractivity contribution in [3.63, 3.8) is 0 Å². The molecular formula is C17H15FN2O3. The summed E-state index contributed by atoms with van der Waals surface area (Å²) in [5.74, 6) is -0.339. The van der Waals surface area contributed by atoms with Crippen LogP contribution in [0.5, 0.6) is 5.75 Å². The maximum absolute atomic E-state index is 12.9. The second-order valence-electron chi connectivity index (χ2n) is 5.30. The summed E-state index contributed by atoms with van der Waals surface area (Å²) in [7, 11) is 1.64. The molecule has 23 heavy (non-hydrogen) atoms. The molecule has 0 fully saturated rings. The average Bonchev–Trinajstić information content (AvgIpc) is 2.54. The van der Waals surface area contributed by atoms with Crippen LogP contribution in [0.1, 0.15) is 17.3 Å². The van der Waals surface area contributed by atoms with Crippen molar-refractivity contribution in [3.05, 3.63) is 53.8 Å². The lowest BCUT2D eigenvalue weighted by molar-refractivity contribution is -0.125. The van der Waals surface area contributed by atoms with Crippen LogP contribution in [0.4, 0.5) is 15.8 Å². The first-order chi connectivity index (χ1) is 11.0. The van der Waals surface area contributed by atoms with Crippen LogP contribution in [0.15, 0.2) is 42.5 Å². The smallest absolute Gasteiger partial charge is 0.267 e. The van der Waals surface area contributed by atoms with Crippen molar-refractivity contribution in [1.29, 1.82) is 0 Å². The number of nitrogens with zero attached hydrogens (tertiary/aromatic N) is 1. The number of carbonyl (C=O) groups is 2. The lowest BCUT2D eigenvalue weighted by Gasteiger charge is -2.30. The molecule has 6 heteroatoms. The van der Waals surface area contributed by atoms with Crippen molar-refractivity contribution in [2.45, 2.75) is 13.0 Å². The molecule has 0 aromatic heterocycles. The number of hydrogen-bond acceptors (Lipinski definition) is 3. The van der Waals surface area contributed by atoms with Gasteiger partial charge in [-0.15, -0.1) is 0 Å². The molecule has 118 valence electrons. The Hall–Kier alpha value is -2.89. The third-order valence-electron chi connectivity index (χ3n) is 3.67. The highest BCUT2D eigenvalue weighted by molar-refractivity contribution is 6.06. The first-order valence-corrected chi connectivity index (χ1v) is 7.11. The second kappa shape index (κ2) is 5.72. The molecule has 1 heterocycles. The Morgan fingerprint density at radius 1 is 1.22 bits per heavy atom. The molecule has 3 rings (SSSR count). The molecule has 0 bridgehead atoms. The molecule has 2 aromatic rings. The van der Waals surface area contributed by atoms with Crippen molar-refractivity contribution in [3.8, 4) is 5.75 Å². The number of benzene rings is 2. The van der Waals surface area contributed by atoms with E-state index in [1.165, 1.54) is 29.2 Å². The van der Waals surface area contributed by atoms with E-state index >= 15 is 0 Å². The topological polar surface area (TPSA) is 58.6 Å². The summed E-state index contributed by atoms with van der Waals surface area (Å²) in [4.78, 5) is 25.7. The lowest BCUT2D eigenvalue weighted by atomic mass is 10.1. The summed E-state index contributed by atoms with van der Waals surface area (Å²) in [6, 6.07) is 10.4. The minimum Gasteiger partial charge on any atom is -0.479 e. The van der Waals surface area contributed by atoms with Crippen molar-refractivity contribution >= 4 is 23.2 Å². The quantitative estimate of drug-likeness (QED) is 0.927. The van der Waals surface area contributed by atoms with Crippen molar-refractivity contribution in [2.24, 2.45) is 0 Å². The van der Waals surface area contributed by atoms with Crippen molar-refractivity contribution in [1.82, 2.24) is 0 Å². The van der Waals surface area contributed by atoms with E-state index in [0.717, 1.165) is 0 Å². The van der Waals surface area contributed by atoms with Crippen molar-refractivity contribution < 1.29 is 18.7 Å². The van der Waals surface area contributed by atoms with Gasteiger partial charge in [-0.1, -0.05) is 0 Å². The fraction of sp³-hybridized carbons (Fsp3) is 0.176. The highest BCUT2D eigenvalue weighted by Gasteiger charge is 2.29. The highest BCUT2D eigenvalue weighted by Crippen LogP contribution is 2.34. The Kier molecular flexibility index (Phi) is 3.73. The van der Waals surface area contributed by atoms with E-state index in [2.05, 4.69) is 5.32 Å². The molecule has 5 nitrogen and oxygen atoms in total. The number of rotatable bonds is 2. The van der Waals surface area contributed by atoms with Gasteiger partial charge in [-0.2, -0.15) is 0 Å². The molecule has 1 aliphatic heterocycles. The number of halogens is 1. The summed E-state index contributed by atoms with van der Waals surface area (Å²) in [5.41, 5.74) is 1.41. The third-order valence-corrected chi connectivity index (χ3v) is 3.67. The number of anilines is 2. The van der Waals surface area contributed by atoms with Crippen LogP contribution in [-0.4, -0.2) is 25.0 Å². The van der Waals surface area contributed by atoms with Gasteiger partial charge in [0.25, 0.3) is 11.8 Å². The molecular weight excluding hydrogens is 299 g/mol. The molecule has 1 aliphatic rings. The summed E-state index contributed by atoms with van der Waals surface area (Å²) in [6.45, 7) is 1.68. The Labute approximate surface area is 132 Å². The molecule has 1 N–H and O–H groups in total. The van der Waals surface area contributed by atoms with Gasteiger partial charge in [0.1, 0.15) is 11.6 Å². The molecule has 1 atom stereocenters. The summed E-state index contributed by atoms with van der Waals surface area (Å²) in [5, 5.41) is 2.68. The van der Waals surface area contributed by atoms with Gasteiger partial charge < -0.3 is 15.0 Å². The Morgan fingerprint density at radius 2 is 1.91 bits per heavy atom. The molecule has 0 saturated carbocycles. The zero-order chi connectivity index (χ0) is 16.6. The largest absolute Gasteiger partial charge is 0.479 e. The molecule has 1 unspecified atom stereocenters. The number of likely N-dealkylation sites (N-methyl/N-ethyl adjacent to an activating group) is 1. The Morgan fingerprint density at radius 3 is 2.61 bits per heavy atom. The van der Waals surface area contributed by atoms with Crippen LogP contribution >= 0.6 is 0 Å². The van der Waals surface area contributed by atoms with Gasteiger partial charge >= 0.3 is 0 Å². The van der Waals surface area contributed by atoms with Gasteiger partial charge in [-0.05, 0) is 49.4 Å². The number of hydrogen-bond donors (Lipinski definition) is 1. The zero-order valence-electron chi connectivity index (χ0n) is 12.7. The number of fused-ring (bicyclic) bond motifs is 1. The first-order valence-electron chi connectivity index (χ1n) is 7.11. The van der Waals surface area contributed by atoms with E-state index in [-0.39, 0.29) is 17.6 Å². The van der Waals surface area contributed by atoms with E-state index in [0.29, 0.717) is 22.7 Å². The standard InChI is InChI=1S/C17H15FN2O3/c1-10-17(22)20(2)14-9-11(3-8-15(14)23-10)16(21)19-13-6-4-12(18)5-7-13/h3-10H,1-2H3,(H,19,21). The fourth-order valence-electron chi connectivity index (χ4n) is 2.39. The minimum atomic E-state index is -0.550. The SMILES string of the molecule is CC1Oc2ccc(C(=O)Nc3ccc(F)cc3)cc2N(C)C1=O. The maximum Gasteiger partial charge on any atom is 0.267 e. The van der Waals surface area contributed by atoms with E-state index in [1.54, 1.807) is 32.2 Å². The average molecular weight is 314 g/mol. The molecule has 2 aromatic carbocycles. The van der Waals surface area contributed by atoms with E-state index in [9.17, 15) is 14.0 Å². The van der Waals surface area contributed by atoms with Crippen LogP contribution in [0.25, 0.3) is 0 Å². The third kappa shape index (κ3) is 2.88. The molecule has 0 aliphatic carbocycles. The Balaban J connectivity index is 1.85. The van der Waals surface area contributed by atoms with Crippen molar-refractivity contribution in [2.75, 3.05) is 17.3 Å². The van der Waals surface area contributed by atoms with Crippen LogP contribution < -0.4 is 15.0 Å². The van der Waals surface area contributed by atoms with Crippen LogP contribution in [0.3, 0.4) is 0 Å². The number of nitrogens with one attached hydrogen (secondary N) is 1. The summed E-state index contributed by atoms with van der Waals surface area (Å²) < 4.78 is 18.4. The van der Waals surface area contributed by atoms with Crippen LogP contribution in [0, 0.1) is 5.82 Å². The van der Waals surface area contributed by atoms with Gasteiger partial charge in [0.2, 0.25) is 0 Å². The van der Waals surface area contributed by atoms with E-state index in [4.69, 9.17) is 4.74 Å². The monoisotopic (exact) mass is 314 g/mol. The van der Waals surface area contributed by atoms with Crippen LogP contribution in [0.2, 0.25) is 0 Å². The summed E-state index contributed by atoms with van der Waals surface area (Å²) >= 11 is 0. The van der Waals surface area contributed by atoms with Gasteiger partial charge in [-0.3, -0.25) is 9.59 Å². The first kappa shape index (κ1) is 15.0. The molecule has 2 amide bonds. The van der Waals surface area contributed by atoms with Gasteiger partial charge in [0.05, 0.1) is 5.69 Å². The van der Waals surface area contributed by atoms with Gasteiger partial charge in [0.15, 0.2) is 6.10 Å². The van der Waals surface area contributed by atoms with Gasteiger partial charge in [0, 0.05) is 18.3 Å². The predicted molar refractivity (Wildman–Crippen MR) is 84.3 cm³/mol. The molecule has 0 saturated heterocycles. The second-order valence-corrected chi connectivity index (χ2v) is 5.30. The Bertz CT molecular complexity index is 774. The predicted octanol–water partition coefficient (Wildman–Crippen LogP) is 2.82. The molecule has 0 radical (unpaired) electrons. The summed E-state index contributed by atoms with van der Waals surface area (Å²) in [6.07, 6.45) is -0.550. The highest BCUT2D eigenvalue weighted by atomic mass is 19.1. The molecule has 0 spiro atoms. The normalized spacial score (nSPS) is 16.6. The van der Waals surface area contributed by atoms with Crippen LogP contribution in [-0.2, 0) is 4.79 Å². The fourth-order valence-corrected chi connectivity index (χ4v) is 2.39.